The van der Waals surface area contributed by atoms with E-state index in [2.05, 4.69) is 27.5 Å². The highest BCUT2D eigenvalue weighted by molar-refractivity contribution is 7.11. The van der Waals surface area contributed by atoms with Gasteiger partial charge in [0, 0.05) is 31.4 Å². The van der Waals surface area contributed by atoms with Gasteiger partial charge in [0.05, 0.1) is 10.7 Å². The molecule has 4 nitrogen and oxygen atoms in total. The van der Waals surface area contributed by atoms with Crippen LogP contribution >= 0.6 is 11.3 Å². The SMILES string of the molecule is CN=C(NCCc1nc(C)c(C)s1)NCc1ccc(C)c(F)c1. The van der Waals surface area contributed by atoms with Crippen LogP contribution in [0, 0.1) is 26.6 Å². The lowest BCUT2D eigenvalue weighted by Gasteiger charge is -2.11. The highest BCUT2D eigenvalue weighted by Crippen LogP contribution is 2.16. The molecule has 1 aromatic carbocycles. The highest BCUT2D eigenvalue weighted by Gasteiger charge is 2.05. The van der Waals surface area contributed by atoms with Crippen molar-refractivity contribution < 1.29 is 4.39 Å². The van der Waals surface area contributed by atoms with Crippen LogP contribution in [-0.2, 0) is 13.0 Å². The maximum atomic E-state index is 13.5. The molecular formula is C17H23FN4S. The third-order valence-electron chi connectivity index (χ3n) is 3.62. The Hall–Kier alpha value is -1.95. The van der Waals surface area contributed by atoms with Gasteiger partial charge in [-0.05, 0) is 38.0 Å². The number of benzene rings is 1. The lowest BCUT2D eigenvalue weighted by molar-refractivity contribution is 0.615. The molecule has 6 heteroatoms. The minimum atomic E-state index is -0.179. The van der Waals surface area contributed by atoms with E-state index >= 15 is 0 Å². The number of aryl methyl sites for hydroxylation is 3. The zero-order valence-electron chi connectivity index (χ0n) is 14.0. The fourth-order valence-corrected chi connectivity index (χ4v) is 3.02. The molecule has 124 valence electrons. The minimum Gasteiger partial charge on any atom is -0.356 e. The second kappa shape index (κ2) is 8.06. The molecule has 0 fully saturated rings. The molecule has 0 spiro atoms. The Morgan fingerprint density at radius 3 is 2.65 bits per heavy atom. The number of halogens is 1. The van der Waals surface area contributed by atoms with Gasteiger partial charge in [0.1, 0.15) is 5.82 Å². The van der Waals surface area contributed by atoms with Crippen LogP contribution in [0.5, 0.6) is 0 Å². The van der Waals surface area contributed by atoms with Crippen molar-refractivity contribution in [2.75, 3.05) is 13.6 Å². The summed E-state index contributed by atoms with van der Waals surface area (Å²) in [5.41, 5.74) is 2.65. The number of aliphatic imine (C=N–C) groups is 1. The van der Waals surface area contributed by atoms with Crippen molar-refractivity contribution in [3.8, 4) is 0 Å². The predicted octanol–water partition coefficient (Wildman–Crippen LogP) is 3.12. The summed E-state index contributed by atoms with van der Waals surface area (Å²) in [4.78, 5) is 9.97. The maximum absolute atomic E-state index is 13.5. The summed E-state index contributed by atoms with van der Waals surface area (Å²) in [5, 5.41) is 7.57. The zero-order chi connectivity index (χ0) is 16.8. The summed E-state index contributed by atoms with van der Waals surface area (Å²) in [6, 6.07) is 5.26. The molecule has 0 saturated heterocycles. The molecular weight excluding hydrogens is 311 g/mol. The van der Waals surface area contributed by atoms with Crippen molar-refractivity contribution in [1.29, 1.82) is 0 Å². The number of nitrogens with one attached hydrogen (secondary N) is 2. The van der Waals surface area contributed by atoms with E-state index in [1.807, 2.05) is 13.0 Å². The average molecular weight is 334 g/mol. The van der Waals surface area contributed by atoms with E-state index in [0.717, 1.165) is 29.2 Å². The molecule has 0 aliphatic rings. The fourth-order valence-electron chi connectivity index (χ4n) is 2.09. The van der Waals surface area contributed by atoms with Gasteiger partial charge in [0.15, 0.2) is 5.96 Å². The predicted molar refractivity (Wildman–Crippen MR) is 94.6 cm³/mol. The van der Waals surface area contributed by atoms with E-state index in [9.17, 15) is 4.39 Å². The van der Waals surface area contributed by atoms with Crippen molar-refractivity contribution in [3.63, 3.8) is 0 Å². The van der Waals surface area contributed by atoms with Gasteiger partial charge in [-0.15, -0.1) is 11.3 Å². The lowest BCUT2D eigenvalue weighted by atomic mass is 10.1. The number of hydrogen-bond donors (Lipinski definition) is 2. The van der Waals surface area contributed by atoms with Crippen LogP contribution in [0.1, 0.15) is 26.7 Å². The molecule has 0 bridgehead atoms. The van der Waals surface area contributed by atoms with Gasteiger partial charge in [-0.3, -0.25) is 4.99 Å². The first-order chi connectivity index (χ1) is 11.0. The number of guanidine groups is 1. The Morgan fingerprint density at radius 1 is 1.26 bits per heavy atom. The third kappa shape index (κ3) is 5.03. The van der Waals surface area contributed by atoms with Gasteiger partial charge < -0.3 is 10.6 Å². The summed E-state index contributed by atoms with van der Waals surface area (Å²) in [6.45, 7) is 7.17. The van der Waals surface area contributed by atoms with Gasteiger partial charge >= 0.3 is 0 Å². The van der Waals surface area contributed by atoms with Gasteiger partial charge in [0.25, 0.3) is 0 Å². The molecule has 2 N–H and O–H groups in total. The number of nitrogens with zero attached hydrogens (tertiary/aromatic N) is 2. The fraction of sp³-hybridized carbons (Fsp3) is 0.412. The van der Waals surface area contributed by atoms with Gasteiger partial charge in [-0.25, -0.2) is 9.37 Å². The molecule has 2 rings (SSSR count). The summed E-state index contributed by atoms with van der Waals surface area (Å²) >= 11 is 1.73. The van der Waals surface area contributed by atoms with E-state index in [0.29, 0.717) is 18.1 Å². The maximum Gasteiger partial charge on any atom is 0.191 e. The summed E-state index contributed by atoms with van der Waals surface area (Å²) < 4.78 is 13.5. The molecule has 0 aliphatic carbocycles. The Morgan fingerprint density at radius 2 is 2.04 bits per heavy atom. The normalized spacial score (nSPS) is 11.6. The van der Waals surface area contributed by atoms with Crippen molar-refractivity contribution in [2.24, 2.45) is 4.99 Å². The van der Waals surface area contributed by atoms with Crippen LogP contribution in [0.4, 0.5) is 4.39 Å². The molecule has 23 heavy (non-hydrogen) atoms. The van der Waals surface area contributed by atoms with E-state index in [1.165, 1.54) is 4.88 Å². The molecule has 0 radical (unpaired) electrons. The summed E-state index contributed by atoms with van der Waals surface area (Å²) in [5.74, 6) is 0.526. The second-order valence-corrected chi connectivity index (χ2v) is 6.72. The molecule has 0 aliphatic heterocycles. The average Bonchev–Trinajstić information content (AvgIpc) is 2.84. The topological polar surface area (TPSA) is 49.3 Å². The monoisotopic (exact) mass is 334 g/mol. The molecule has 1 heterocycles. The Bertz CT molecular complexity index is 674. The lowest BCUT2D eigenvalue weighted by Crippen LogP contribution is -2.37. The van der Waals surface area contributed by atoms with Crippen LogP contribution in [0.2, 0.25) is 0 Å². The first kappa shape index (κ1) is 17.4. The van der Waals surface area contributed by atoms with Crippen LogP contribution in [-0.4, -0.2) is 24.5 Å². The molecule has 0 unspecified atom stereocenters. The summed E-state index contributed by atoms with van der Waals surface area (Å²) in [7, 11) is 1.72. The number of rotatable bonds is 5. The minimum absolute atomic E-state index is 0.179. The Balaban J connectivity index is 1.80. The van der Waals surface area contributed by atoms with E-state index in [-0.39, 0.29) is 5.82 Å². The molecule has 1 aromatic heterocycles. The van der Waals surface area contributed by atoms with Crippen molar-refractivity contribution in [1.82, 2.24) is 15.6 Å². The molecule has 0 amide bonds. The molecule has 0 saturated carbocycles. The van der Waals surface area contributed by atoms with E-state index in [1.54, 1.807) is 37.4 Å². The van der Waals surface area contributed by atoms with Crippen molar-refractivity contribution in [3.05, 3.63) is 50.7 Å². The van der Waals surface area contributed by atoms with Crippen LogP contribution in [0.3, 0.4) is 0 Å². The summed E-state index contributed by atoms with van der Waals surface area (Å²) in [6.07, 6.45) is 0.860. The highest BCUT2D eigenvalue weighted by atomic mass is 32.1. The standard InChI is InChI=1S/C17H23FN4S/c1-11-5-6-14(9-15(11)18)10-21-17(19-4)20-8-7-16-22-12(2)13(3)23-16/h5-6,9H,7-8,10H2,1-4H3,(H2,19,20,21). The molecule has 2 aromatic rings. The number of hydrogen-bond acceptors (Lipinski definition) is 3. The first-order valence-corrected chi connectivity index (χ1v) is 8.43. The van der Waals surface area contributed by atoms with Crippen LogP contribution in [0.25, 0.3) is 0 Å². The van der Waals surface area contributed by atoms with Gasteiger partial charge in [-0.1, -0.05) is 12.1 Å². The van der Waals surface area contributed by atoms with Gasteiger partial charge in [-0.2, -0.15) is 0 Å². The zero-order valence-corrected chi connectivity index (χ0v) is 14.9. The second-order valence-electron chi connectivity index (χ2n) is 5.44. The van der Waals surface area contributed by atoms with Crippen molar-refractivity contribution >= 4 is 17.3 Å². The van der Waals surface area contributed by atoms with Crippen LogP contribution in [0.15, 0.2) is 23.2 Å². The quantitative estimate of drug-likeness (QED) is 0.652. The number of thiazole rings is 1. The first-order valence-electron chi connectivity index (χ1n) is 7.62. The number of aromatic nitrogens is 1. The van der Waals surface area contributed by atoms with Gasteiger partial charge in [0.2, 0.25) is 0 Å². The van der Waals surface area contributed by atoms with Crippen LogP contribution < -0.4 is 10.6 Å². The van der Waals surface area contributed by atoms with E-state index < -0.39 is 0 Å². The largest absolute Gasteiger partial charge is 0.356 e. The Labute approximate surface area is 140 Å². The van der Waals surface area contributed by atoms with Crippen molar-refractivity contribution in [2.45, 2.75) is 33.7 Å². The molecule has 0 atom stereocenters. The van der Waals surface area contributed by atoms with E-state index in [4.69, 9.17) is 0 Å². The third-order valence-corrected chi connectivity index (χ3v) is 4.76. The Kier molecular flexibility index (Phi) is 6.10. The smallest absolute Gasteiger partial charge is 0.191 e.